The van der Waals surface area contributed by atoms with Crippen LogP contribution in [0.2, 0.25) is 0 Å². The first-order chi connectivity index (χ1) is 12.9. The Morgan fingerprint density at radius 2 is 1.96 bits per heavy atom. The van der Waals surface area contributed by atoms with E-state index in [0.717, 1.165) is 54.1 Å². The van der Waals surface area contributed by atoms with Crippen LogP contribution in [-0.2, 0) is 4.74 Å². The first kappa shape index (κ1) is 15.7. The van der Waals surface area contributed by atoms with Gasteiger partial charge in [0.25, 0.3) is 0 Å². The smallest absolute Gasteiger partial charge is 0.163 e. The summed E-state index contributed by atoms with van der Waals surface area (Å²) >= 11 is 0. The number of hydrogen-bond acceptors (Lipinski definition) is 5. The molecule has 0 amide bonds. The zero-order valence-corrected chi connectivity index (χ0v) is 14.7. The van der Waals surface area contributed by atoms with Crippen LogP contribution >= 0.6 is 0 Å². The third-order valence-electron chi connectivity index (χ3n) is 5.47. The van der Waals surface area contributed by atoms with Crippen molar-refractivity contribution < 1.29 is 4.74 Å². The molecule has 5 nitrogen and oxygen atoms in total. The molecular formula is C21H22N4O. The third-order valence-corrected chi connectivity index (χ3v) is 5.47. The van der Waals surface area contributed by atoms with Gasteiger partial charge in [0.2, 0.25) is 0 Å². The summed E-state index contributed by atoms with van der Waals surface area (Å²) in [6, 6.07) is 12.7. The maximum absolute atomic E-state index is 6.11. The van der Waals surface area contributed by atoms with E-state index in [9.17, 15) is 0 Å². The Bertz CT molecular complexity index is 914. The summed E-state index contributed by atoms with van der Waals surface area (Å²) in [6.07, 6.45) is 8.52. The quantitative estimate of drug-likeness (QED) is 0.706. The van der Waals surface area contributed by atoms with Crippen molar-refractivity contribution in [3.63, 3.8) is 0 Å². The predicted molar refractivity (Wildman–Crippen MR) is 102 cm³/mol. The Kier molecular flexibility index (Phi) is 4.02. The molecule has 5 rings (SSSR count). The van der Waals surface area contributed by atoms with E-state index in [-0.39, 0.29) is 0 Å². The maximum Gasteiger partial charge on any atom is 0.163 e. The largest absolute Gasteiger partial charge is 0.376 e. The van der Waals surface area contributed by atoms with E-state index >= 15 is 0 Å². The molecule has 3 aromatic rings. The molecule has 0 unspecified atom stereocenters. The van der Waals surface area contributed by atoms with Gasteiger partial charge in [-0.3, -0.25) is 4.98 Å². The molecule has 0 spiro atoms. The Morgan fingerprint density at radius 3 is 2.88 bits per heavy atom. The number of ether oxygens (including phenoxy) is 1. The topological polar surface area (TPSA) is 51.1 Å². The number of benzene rings is 1. The molecule has 3 heterocycles. The van der Waals surface area contributed by atoms with Crippen LogP contribution in [0.15, 0.2) is 48.8 Å². The fraction of sp³-hybridized carbons (Fsp3) is 0.381. The zero-order valence-electron chi connectivity index (χ0n) is 14.7. The lowest BCUT2D eigenvalue weighted by Gasteiger charge is -2.32. The highest BCUT2D eigenvalue weighted by atomic mass is 16.5. The highest BCUT2D eigenvalue weighted by molar-refractivity contribution is 5.91. The normalized spacial score (nSPS) is 23.0. The van der Waals surface area contributed by atoms with Gasteiger partial charge in [0.15, 0.2) is 5.82 Å². The van der Waals surface area contributed by atoms with Crippen LogP contribution < -0.4 is 4.90 Å². The minimum absolute atomic E-state index is 0.327. The van der Waals surface area contributed by atoms with Crippen molar-refractivity contribution in [2.75, 3.05) is 18.1 Å². The second-order valence-corrected chi connectivity index (χ2v) is 7.08. The summed E-state index contributed by atoms with van der Waals surface area (Å²) in [5, 5.41) is 1.12. The second-order valence-electron chi connectivity index (χ2n) is 7.08. The van der Waals surface area contributed by atoms with Crippen molar-refractivity contribution in [2.24, 2.45) is 0 Å². The minimum Gasteiger partial charge on any atom is -0.376 e. The van der Waals surface area contributed by atoms with Crippen molar-refractivity contribution in [1.82, 2.24) is 15.0 Å². The average Bonchev–Trinajstić information content (AvgIpc) is 3.07. The molecule has 1 saturated heterocycles. The van der Waals surface area contributed by atoms with Crippen molar-refractivity contribution in [3.05, 3.63) is 48.8 Å². The van der Waals surface area contributed by atoms with Gasteiger partial charge in [-0.05, 0) is 49.9 Å². The second kappa shape index (κ2) is 6.65. The molecule has 1 aliphatic heterocycles. The third kappa shape index (κ3) is 2.72. The Morgan fingerprint density at radius 1 is 1.00 bits per heavy atom. The van der Waals surface area contributed by atoms with Gasteiger partial charge < -0.3 is 9.64 Å². The first-order valence-corrected chi connectivity index (χ1v) is 9.45. The van der Waals surface area contributed by atoms with Crippen molar-refractivity contribution >= 4 is 16.7 Å². The molecule has 1 aromatic carbocycles. The van der Waals surface area contributed by atoms with Gasteiger partial charge in [-0.1, -0.05) is 12.1 Å². The highest BCUT2D eigenvalue weighted by Gasteiger charge is 2.36. The fourth-order valence-electron chi connectivity index (χ4n) is 4.26. The number of rotatable bonds is 2. The molecule has 0 bridgehead atoms. The number of fused-ring (bicyclic) bond motifs is 2. The van der Waals surface area contributed by atoms with Crippen molar-refractivity contribution in [2.45, 2.75) is 37.8 Å². The van der Waals surface area contributed by atoms with Crippen LogP contribution in [0.1, 0.15) is 25.7 Å². The fourth-order valence-corrected chi connectivity index (χ4v) is 4.26. The number of pyridine rings is 1. The molecule has 0 N–H and O–H groups in total. The van der Waals surface area contributed by atoms with Crippen LogP contribution in [0.5, 0.6) is 0 Å². The van der Waals surface area contributed by atoms with Crippen molar-refractivity contribution in [3.8, 4) is 11.4 Å². The van der Waals surface area contributed by atoms with E-state index in [0.29, 0.717) is 12.1 Å². The number of aromatic nitrogens is 3. The van der Waals surface area contributed by atoms with E-state index in [2.05, 4.69) is 28.1 Å². The zero-order chi connectivity index (χ0) is 17.3. The first-order valence-electron chi connectivity index (χ1n) is 9.45. The van der Waals surface area contributed by atoms with E-state index in [1.807, 2.05) is 24.4 Å². The van der Waals surface area contributed by atoms with Gasteiger partial charge in [0, 0.05) is 36.5 Å². The highest BCUT2D eigenvalue weighted by Crippen LogP contribution is 2.35. The molecule has 0 radical (unpaired) electrons. The molecule has 132 valence electrons. The number of hydrogen-bond donors (Lipinski definition) is 0. The molecule has 1 saturated carbocycles. The summed E-state index contributed by atoms with van der Waals surface area (Å²) in [7, 11) is 0. The van der Waals surface area contributed by atoms with Gasteiger partial charge in [-0.15, -0.1) is 0 Å². The lowest BCUT2D eigenvalue weighted by atomic mass is 10.1. The number of anilines is 1. The van der Waals surface area contributed by atoms with Crippen molar-refractivity contribution in [1.29, 1.82) is 0 Å². The molecule has 26 heavy (non-hydrogen) atoms. The van der Waals surface area contributed by atoms with E-state index < -0.39 is 0 Å². The van der Waals surface area contributed by atoms with E-state index in [1.165, 1.54) is 12.8 Å². The Hall–Kier alpha value is -2.53. The van der Waals surface area contributed by atoms with Gasteiger partial charge in [-0.2, -0.15) is 0 Å². The predicted octanol–water partition coefficient (Wildman–Crippen LogP) is 3.84. The summed E-state index contributed by atoms with van der Waals surface area (Å²) < 4.78 is 6.11. The number of nitrogens with zero attached hydrogens (tertiary/aromatic N) is 4. The molecule has 2 fully saturated rings. The molecule has 1 aliphatic carbocycles. The molecule has 2 atom stereocenters. The van der Waals surface area contributed by atoms with Crippen LogP contribution in [0.3, 0.4) is 0 Å². The minimum atomic E-state index is 0.327. The van der Waals surface area contributed by atoms with Gasteiger partial charge in [0.1, 0.15) is 5.82 Å². The van der Waals surface area contributed by atoms with Crippen LogP contribution in [0, 0.1) is 0 Å². The lowest BCUT2D eigenvalue weighted by molar-refractivity contribution is 0.0591. The summed E-state index contributed by atoms with van der Waals surface area (Å²) in [4.78, 5) is 16.5. The van der Waals surface area contributed by atoms with Crippen LogP contribution in [0.4, 0.5) is 5.82 Å². The standard InChI is InChI=1S/C21H22N4O/c1-2-8-17-16(7-1)21(24-20(23-17)15-6-4-11-22-14-15)25-12-5-13-26-19-10-3-9-18(19)25/h1-2,4,6-8,11,14,18-19H,3,5,9-10,12-13H2/t18-,19+/m0/s1. The molecule has 5 heteroatoms. The lowest BCUT2D eigenvalue weighted by Crippen LogP contribution is -2.40. The summed E-state index contributed by atoms with van der Waals surface area (Å²) in [5.41, 5.74) is 1.93. The van der Waals surface area contributed by atoms with Gasteiger partial charge in [-0.25, -0.2) is 9.97 Å². The summed E-state index contributed by atoms with van der Waals surface area (Å²) in [5.74, 6) is 1.78. The molecule has 2 aliphatic rings. The average molecular weight is 346 g/mol. The SMILES string of the molecule is c1cncc(-c2nc(N3CCCO[C@@H]4CCC[C@@H]43)c3ccccc3n2)c1. The monoisotopic (exact) mass is 346 g/mol. The van der Waals surface area contributed by atoms with Gasteiger partial charge >= 0.3 is 0 Å². The Labute approximate surface area is 153 Å². The summed E-state index contributed by atoms with van der Waals surface area (Å²) in [6.45, 7) is 1.82. The van der Waals surface area contributed by atoms with Crippen LogP contribution in [-0.4, -0.2) is 40.2 Å². The molecule has 2 aromatic heterocycles. The van der Waals surface area contributed by atoms with Crippen LogP contribution in [0.25, 0.3) is 22.3 Å². The van der Waals surface area contributed by atoms with Gasteiger partial charge in [0.05, 0.1) is 17.7 Å². The van der Waals surface area contributed by atoms with E-state index in [1.54, 1.807) is 6.20 Å². The van der Waals surface area contributed by atoms with E-state index in [4.69, 9.17) is 14.7 Å². The maximum atomic E-state index is 6.11. The Balaban J connectivity index is 1.68. The molecular weight excluding hydrogens is 324 g/mol. The number of para-hydroxylation sites is 1.